The number of sulfonamides is 1. The molecule has 7 nitrogen and oxygen atoms in total. The monoisotopic (exact) mass is 390 g/mol. The molecule has 0 amide bonds. The van der Waals surface area contributed by atoms with E-state index >= 15 is 0 Å². The van der Waals surface area contributed by atoms with Gasteiger partial charge in [0.1, 0.15) is 5.75 Å². The molecule has 27 heavy (non-hydrogen) atoms. The Morgan fingerprint density at radius 3 is 2.48 bits per heavy atom. The van der Waals surface area contributed by atoms with Crippen molar-refractivity contribution in [2.24, 2.45) is 5.92 Å². The van der Waals surface area contributed by atoms with Crippen LogP contribution in [0, 0.1) is 5.92 Å². The summed E-state index contributed by atoms with van der Waals surface area (Å²) in [5.74, 6) is 2.23. The number of piperidine rings is 1. The molecular formula is C19H26N4O3S. The molecule has 1 saturated heterocycles. The predicted octanol–water partition coefficient (Wildman–Crippen LogP) is 3.30. The second-order valence-corrected chi connectivity index (χ2v) is 8.90. The summed E-state index contributed by atoms with van der Waals surface area (Å²) in [5.41, 5.74) is 0. The van der Waals surface area contributed by atoms with Crippen LogP contribution < -0.4 is 14.4 Å². The molecule has 1 fully saturated rings. The van der Waals surface area contributed by atoms with E-state index in [4.69, 9.17) is 4.74 Å². The molecule has 146 valence electrons. The number of ether oxygens (including phenoxy) is 1. The molecule has 2 heterocycles. The van der Waals surface area contributed by atoms with Gasteiger partial charge in [0, 0.05) is 13.1 Å². The van der Waals surface area contributed by atoms with Gasteiger partial charge in [-0.3, -0.25) is 4.72 Å². The molecule has 0 saturated carbocycles. The Morgan fingerprint density at radius 2 is 1.89 bits per heavy atom. The smallest absolute Gasteiger partial charge is 0.263 e. The normalized spacial score (nSPS) is 17.8. The fourth-order valence-corrected chi connectivity index (χ4v) is 4.11. The maximum absolute atomic E-state index is 12.5. The van der Waals surface area contributed by atoms with Crippen LogP contribution in [0.2, 0.25) is 0 Å². The molecule has 1 unspecified atom stereocenters. The third-order valence-electron chi connectivity index (χ3n) is 4.38. The van der Waals surface area contributed by atoms with Crippen molar-refractivity contribution in [3.05, 3.63) is 36.4 Å². The average Bonchev–Trinajstić information content (AvgIpc) is 2.62. The van der Waals surface area contributed by atoms with Crippen LogP contribution in [-0.2, 0) is 10.0 Å². The van der Waals surface area contributed by atoms with E-state index in [2.05, 4.69) is 26.7 Å². The lowest BCUT2D eigenvalue weighted by atomic mass is 10.0. The molecular weight excluding hydrogens is 364 g/mol. The highest BCUT2D eigenvalue weighted by atomic mass is 32.2. The first-order valence-corrected chi connectivity index (χ1v) is 10.7. The fourth-order valence-electron chi connectivity index (χ4n) is 3.11. The summed E-state index contributed by atoms with van der Waals surface area (Å²) in [6.07, 6.45) is 2.39. The van der Waals surface area contributed by atoms with E-state index in [1.807, 2.05) is 19.9 Å². The molecule has 1 N–H and O–H groups in total. The quantitative estimate of drug-likeness (QED) is 0.815. The summed E-state index contributed by atoms with van der Waals surface area (Å²) in [7, 11) is -3.73. The Bertz CT molecular complexity index is 852. The first-order chi connectivity index (χ1) is 12.8. The molecule has 1 aliphatic heterocycles. The second kappa shape index (κ2) is 8.12. The van der Waals surface area contributed by atoms with Crippen LogP contribution in [0.1, 0.15) is 33.6 Å². The Balaban J connectivity index is 1.68. The van der Waals surface area contributed by atoms with E-state index in [1.165, 1.54) is 18.6 Å². The minimum Gasteiger partial charge on any atom is -0.491 e. The third kappa shape index (κ3) is 5.09. The van der Waals surface area contributed by atoms with Gasteiger partial charge >= 0.3 is 0 Å². The summed E-state index contributed by atoms with van der Waals surface area (Å²) in [6, 6.07) is 9.76. The summed E-state index contributed by atoms with van der Waals surface area (Å²) >= 11 is 0. The first-order valence-electron chi connectivity index (χ1n) is 9.22. The Labute approximate surface area is 160 Å². The van der Waals surface area contributed by atoms with Gasteiger partial charge < -0.3 is 9.64 Å². The SMILES string of the molecule is CC1CCCN(c2ccc(NS(=O)(=O)c3ccc(OC(C)C)cc3)nn2)C1. The van der Waals surface area contributed by atoms with Gasteiger partial charge in [0.15, 0.2) is 11.6 Å². The average molecular weight is 391 g/mol. The topological polar surface area (TPSA) is 84.4 Å². The standard InChI is InChI=1S/C19H26N4O3S/c1-14(2)26-16-6-8-17(9-7-16)27(24,25)22-18-10-11-19(21-20-18)23-12-4-5-15(3)13-23/h6-11,14-15H,4-5,12-13H2,1-3H3,(H,20,22). The number of hydrogen-bond acceptors (Lipinski definition) is 6. The molecule has 8 heteroatoms. The molecule has 0 bridgehead atoms. The molecule has 1 aromatic carbocycles. The van der Waals surface area contributed by atoms with Crippen LogP contribution in [0.5, 0.6) is 5.75 Å². The summed E-state index contributed by atoms with van der Waals surface area (Å²) in [6.45, 7) is 7.96. The molecule has 2 aromatic rings. The zero-order chi connectivity index (χ0) is 19.4. The van der Waals surface area contributed by atoms with E-state index in [0.29, 0.717) is 11.7 Å². The molecule has 1 aliphatic rings. The number of nitrogens with zero attached hydrogens (tertiary/aromatic N) is 3. The van der Waals surface area contributed by atoms with Crippen LogP contribution in [0.3, 0.4) is 0 Å². The van der Waals surface area contributed by atoms with Crippen molar-refractivity contribution in [3.8, 4) is 5.75 Å². The number of nitrogens with one attached hydrogen (secondary N) is 1. The van der Waals surface area contributed by atoms with Gasteiger partial charge in [-0.25, -0.2) is 8.42 Å². The van der Waals surface area contributed by atoms with Crippen molar-refractivity contribution in [1.82, 2.24) is 10.2 Å². The lowest BCUT2D eigenvalue weighted by molar-refractivity contribution is 0.242. The van der Waals surface area contributed by atoms with E-state index in [0.717, 1.165) is 25.3 Å². The van der Waals surface area contributed by atoms with E-state index in [1.54, 1.807) is 18.2 Å². The minimum absolute atomic E-state index is 0.0299. The Morgan fingerprint density at radius 1 is 1.15 bits per heavy atom. The molecule has 0 aliphatic carbocycles. The molecule has 1 atom stereocenters. The van der Waals surface area contributed by atoms with Crippen molar-refractivity contribution in [2.45, 2.75) is 44.6 Å². The van der Waals surface area contributed by atoms with Crippen molar-refractivity contribution in [2.75, 3.05) is 22.7 Å². The van der Waals surface area contributed by atoms with E-state index < -0.39 is 10.0 Å². The zero-order valence-corrected chi connectivity index (χ0v) is 16.7. The molecule has 0 radical (unpaired) electrons. The number of benzene rings is 1. The Kier molecular flexibility index (Phi) is 5.84. The van der Waals surface area contributed by atoms with Gasteiger partial charge in [-0.1, -0.05) is 6.92 Å². The van der Waals surface area contributed by atoms with E-state index in [-0.39, 0.29) is 16.8 Å². The fraction of sp³-hybridized carbons (Fsp3) is 0.474. The van der Waals surface area contributed by atoms with Crippen molar-refractivity contribution in [3.63, 3.8) is 0 Å². The highest BCUT2D eigenvalue weighted by Gasteiger charge is 2.19. The molecule has 0 spiro atoms. The number of aromatic nitrogens is 2. The summed E-state index contributed by atoms with van der Waals surface area (Å²) in [5, 5.41) is 8.23. The summed E-state index contributed by atoms with van der Waals surface area (Å²) in [4.78, 5) is 2.33. The van der Waals surface area contributed by atoms with Gasteiger partial charge in [0.25, 0.3) is 10.0 Å². The second-order valence-electron chi connectivity index (χ2n) is 7.21. The number of hydrogen-bond donors (Lipinski definition) is 1. The van der Waals surface area contributed by atoms with E-state index in [9.17, 15) is 8.42 Å². The van der Waals surface area contributed by atoms with Crippen LogP contribution in [0.4, 0.5) is 11.6 Å². The first kappa shape index (κ1) is 19.4. The lowest BCUT2D eigenvalue weighted by Gasteiger charge is -2.31. The highest BCUT2D eigenvalue weighted by molar-refractivity contribution is 7.92. The summed E-state index contributed by atoms with van der Waals surface area (Å²) < 4.78 is 33.1. The maximum Gasteiger partial charge on any atom is 0.263 e. The zero-order valence-electron chi connectivity index (χ0n) is 15.9. The maximum atomic E-state index is 12.5. The van der Waals surface area contributed by atoms with Gasteiger partial charge in [-0.15, -0.1) is 10.2 Å². The highest BCUT2D eigenvalue weighted by Crippen LogP contribution is 2.22. The van der Waals surface area contributed by atoms with Crippen LogP contribution in [0.15, 0.2) is 41.3 Å². The molecule has 1 aromatic heterocycles. The van der Waals surface area contributed by atoms with Gasteiger partial charge in [-0.2, -0.15) is 0 Å². The predicted molar refractivity (Wildman–Crippen MR) is 106 cm³/mol. The van der Waals surface area contributed by atoms with Crippen molar-refractivity contribution < 1.29 is 13.2 Å². The van der Waals surface area contributed by atoms with Crippen LogP contribution in [-0.4, -0.2) is 37.8 Å². The van der Waals surface area contributed by atoms with Gasteiger partial charge in [-0.05, 0) is 69.0 Å². The Hall–Kier alpha value is -2.35. The third-order valence-corrected chi connectivity index (χ3v) is 5.75. The molecule has 3 rings (SSSR count). The number of rotatable bonds is 6. The lowest BCUT2D eigenvalue weighted by Crippen LogP contribution is -2.34. The van der Waals surface area contributed by atoms with Crippen molar-refractivity contribution >= 4 is 21.7 Å². The largest absolute Gasteiger partial charge is 0.491 e. The van der Waals surface area contributed by atoms with Crippen LogP contribution >= 0.6 is 0 Å². The van der Waals surface area contributed by atoms with Crippen LogP contribution in [0.25, 0.3) is 0 Å². The number of anilines is 2. The van der Waals surface area contributed by atoms with Gasteiger partial charge in [0.05, 0.1) is 11.0 Å². The minimum atomic E-state index is -3.73. The van der Waals surface area contributed by atoms with Crippen molar-refractivity contribution in [1.29, 1.82) is 0 Å². The van der Waals surface area contributed by atoms with Gasteiger partial charge in [0.2, 0.25) is 0 Å².